The molecule has 0 saturated heterocycles. The summed E-state index contributed by atoms with van der Waals surface area (Å²) in [5.41, 5.74) is 9.97. The number of para-hydroxylation sites is 1. The fourth-order valence-corrected chi connectivity index (χ4v) is 3.51. The fourth-order valence-electron chi connectivity index (χ4n) is 2.80. The average molecular weight is 270 g/mol. The van der Waals surface area contributed by atoms with Crippen LogP contribution in [-0.4, -0.2) is 4.57 Å². The highest BCUT2D eigenvalue weighted by atomic mass is 32.1. The lowest BCUT2D eigenvalue weighted by Gasteiger charge is -2.08. The average Bonchev–Trinajstić information content (AvgIpc) is 3.04. The molecule has 0 saturated carbocycles. The molecular formula is C16H18N2S. The van der Waals surface area contributed by atoms with Crippen molar-refractivity contribution < 1.29 is 0 Å². The molecule has 3 aromatic rings. The molecule has 98 valence electrons. The zero-order valence-electron chi connectivity index (χ0n) is 11.1. The van der Waals surface area contributed by atoms with E-state index in [1.165, 1.54) is 27.0 Å². The van der Waals surface area contributed by atoms with Gasteiger partial charge >= 0.3 is 0 Å². The number of hydrogen-bond acceptors (Lipinski definition) is 2. The SMILES string of the molecule is CCn1c(Cc2cccs2)c(CN)c2ccccc21. The zero-order chi connectivity index (χ0) is 13.2. The Kier molecular flexibility index (Phi) is 3.40. The van der Waals surface area contributed by atoms with Gasteiger partial charge in [-0.1, -0.05) is 24.3 Å². The third-order valence-corrected chi connectivity index (χ3v) is 4.51. The third kappa shape index (κ3) is 2.09. The van der Waals surface area contributed by atoms with Crippen molar-refractivity contribution >= 4 is 22.2 Å². The number of fused-ring (bicyclic) bond motifs is 1. The van der Waals surface area contributed by atoms with Gasteiger partial charge in [-0.3, -0.25) is 0 Å². The topological polar surface area (TPSA) is 30.9 Å². The van der Waals surface area contributed by atoms with Crippen molar-refractivity contribution in [2.45, 2.75) is 26.4 Å². The summed E-state index contributed by atoms with van der Waals surface area (Å²) in [4.78, 5) is 1.40. The minimum atomic E-state index is 0.605. The summed E-state index contributed by atoms with van der Waals surface area (Å²) >= 11 is 1.81. The van der Waals surface area contributed by atoms with E-state index in [1.54, 1.807) is 0 Å². The van der Waals surface area contributed by atoms with Crippen molar-refractivity contribution in [1.29, 1.82) is 0 Å². The van der Waals surface area contributed by atoms with Crippen molar-refractivity contribution in [3.8, 4) is 0 Å². The molecule has 0 fully saturated rings. The van der Waals surface area contributed by atoms with Gasteiger partial charge in [0.15, 0.2) is 0 Å². The van der Waals surface area contributed by atoms with Gasteiger partial charge in [-0.25, -0.2) is 0 Å². The van der Waals surface area contributed by atoms with Gasteiger partial charge in [-0.2, -0.15) is 0 Å². The fraction of sp³-hybridized carbons (Fsp3) is 0.250. The lowest BCUT2D eigenvalue weighted by molar-refractivity contribution is 0.745. The van der Waals surface area contributed by atoms with Crippen LogP contribution in [0.5, 0.6) is 0 Å². The number of rotatable bonds is 4. The van der Waals surface area contributed by atoms with E-state index >= 15 is 0 Å². The van der Waals surface area contributed by atoms with Crippen molar-refractivity contribution in [3.05, 3.63) is 57.9 Å². The second-order valence-electron chi connectivity index (χ2n) is 4.65. The number of hydrogen-bond donors (Lipinski definition) is 1. The Labute approximate surface area is 117 Å². The predicted molar refractivity (Wildman–Crippen MR) is 82.6 cm³/mol. The van der Waals surface area contributed by atoms with E-state index in [-0.39, 0.29) is 0 Å². The van der Waals surface area contributed by atoms with E-state index in [4.69, 9.17) is 5.73 Å². The van der Waals surface area contributed by atoms with Gasteiger partial charge in [0.05, 0.1) is 0 Å². The third-order valence-electron chi connectivity index (χ3n) is 3.64. The first-order chi connectivity index (χ1) is 9.35. The number of aromatic nitrogens is 1. The highest BCUT2D eigenvalue weighted by Crippen LogP contribution is 2.28. The van der Waals surface area contributed by atoms with E-state index in [9.17, 15) is 0 Å². The van der Waals surface area contributed by atoms with Gasteiger partial charge in [0.2, 0.25) is 0 Å². The molecule has 2 heterocycles. The standard InChI is InChI=1S/C16H18N2S/c1-2-18-15-8-4-3-7-13(15)14(11-17)16(18)10-12-6-5-9-19-12/h3-9H,2,10-11,17H2,1H3. The lowest BCUT2D eigenvalue weighted by Crippen LogP contribution is -2.05. The molecule has 2 aromatic heterocycles. The molecular weight excluding hydrogens is 252 g/mol. The molecule has 2 N–H and O–H groups in total. The van der Waals surface area contributed by atoms with Gasteiger partial charge in [0.1, 0.15) is 0 Å². The summed E-state index contributed by atoms with van der Waals surface area (Å²) in [5, 5.41) is 3.44. The van der Waals surface area contributed by atoms with E-state index in [0.29, 0.717) is 6.54 Å². The summed E-state index contributed by atoms with van der Waals surface area (Å²) in [7, 11) is 0. The van der Waals surface area contributed by atoms with Crippen LogP contribution >= 0.6 is 11.3 Å². The highest BCUT2D eigenvalue weighted by Gasteiger charge is 2.15. The smallest absolute Gasteiger partial charge is 0.0485 e. The molecule has 2 nitrogen and oxygen atoms in total. The van der Waals surface area contributed by atoms with Crippen LogP contribution in [0.2, 0.25) is 0 Å². The number of nitrogens with two attached hydrogens (primary N) is 1. The first-order valence-corrected chi connectivity index (χ1v) is 7.54. The first-order valence-electron chi connectivity index (χ1n) is 6.66. The van der Waals surface area contributed by atoms with Crippen LogP contribution in [-0.2, 0) is 19.5 Å². The summed E-state index contributed by atoms with van der Waals surface area (Å²) < 4.78 is 2.40. The number of aryl methyl sites for hydroxylation is 1. The zero-order valence-corrected chi connectivity index (χ0v) is 11.9. The number of nitrogens with zero attached hydrogens (tertiary/aromatic N) is 1. The van der Waals surface area contributed by atoms with Crippen molar-refractivity contribution in [2.75, 3.05) is 0 Å². The van der Waals surface area contributed by atoms with Crippen LogP contribution in [0.1, 0.15) is 23.1 Å². The molecule has 0 aliphatic rings. The highest BCUT2D eigenvalue weighted by molar-refractivity contribution is 7.09. The second kappa shape index (κ2) is 5.19. The largest absolute Gasteiger partial charge is 0.344 e. The van der Waals surface area contributed by atoms with Gasteiger partial charge in [0, 0.05) is 41.0 Å². The molecule has 3 rings (SSSR count). The van der Waals surface area contributed by atoms with E-state index < -0.39 is 0 Å². The van der Waals surface area contributed by atoms with Crippen LogP contribution in [0.3, 0.4) is 0 Å². The van der Waals surface area contributed by atoms with Crippen LogP contribution in [0, 0.1) is 0 Å². The Morgan fingerprint density at radius 1 is 1.16 bits per heavy atom. The Balaban J connectivity index is 2.20. The monoisotopic (exact) mass is 270 g/mol. The maximum Gasteiger partial charge on any atom is 0.0485 e. The lowest BCUT2D eigenvalue weighted by atomic mass is 10.1. The number of thiophene rings is 1. The van der Waals surface area contributed by atoms with Gasteiger partial charge in [-0.05, 0) is 30.0 Å². The molecule has 0 unspecified atom stereocenters. The van der Waals surface area contributed by atoms with E-state index in [0.717, 1.165) is 13.0 Å². The van der Waals surface area contributed by atoms with Gasteiger partial charge in [0.25, 0.3) is 0 Å². The molecule has 0 amide bonds. The Hall–Kier alpha value is -1.58. The summed E-state index contributed by atoms with van der Waals surface area (Å²) in [6.45, 7) is 3.79. The Morgan fingerprint density at radius 2 is 2.00 bits per heavy atom. The summed E-state index contributed by atoms with van der Waals surface area (Å²) in [5.74, 6) is 0. The maximum absolute atomic E-state index is 6.00. The van der Waals surface area contributed by atoms with Crippen LogP contribution < -0.4 is 5.73 Å². The molecule has 3 heteroatoms. The van der Waals surface area contributed by atoms with Crippen LogP contribution in [0.15, 0.2) is 41.8 Å². The second-order valence-corrected chi connectivity index (χ2v) is 5.68. The predicted octanol–water partition coefficient (Wildman–Crippen LogP) is 3.77. The minimum absolute atomic E-state index is 0.605. The van der Waals surface area contributed by atoms with Crippen LogP contribution in [0.25, 0.3) is 10.9 Å². The first kappa shape index (κ1) is 12.5. The van der Waals surface area contributed by atoms with Gasteiger partial charge in [-0.15, -0.1) is 11.3 Å². The summed E-state index contributed by atoms with van der Waals surface area (Å²) in [6, 6.07) is 12.9. The summed E-state index contributed by atoms with van der Waals surface area (Å²) in [6.07, 6.45) is 0.979. The Morgan fingerprint density at radius 3 is 2.68 bits per heavy atom. The molecule has 1 aromatic carbocycles. The van der Waals surface area contributed by atoms with Crippen molar-refractivity contribution in [1.82, 2.24) is 4.57 Å². The molecule has 19 heavy (non-hydrogen) atoms. The van der Waals surface area contributed by atoms with Gasteiger partial charge < -0.3 is 10.3 Å². The maximum atomic E-state index is 6.00. The molecule has 0 aliphatic carbocycles. The Bertz CT molecular complexity index is 639. The quantitative estimate of drug-likeness (QED) is 0.768. The molecule has 0 bridgehead atoms. The molecule has 0 radical (unpaired) electrons. The minimum Gasteiger partial charge on any atom is -0.344 e. The van der Waals surface area contributed by atoms with Crippen molar-refractivity contribution in [3.63, 3.8) is 0 Å². The van der Waals surface area contributed by atoms with Crippen molar-refractivity contribution in [2.24, 2.45) is 5.73 Å². The normalized spacial score (nSPS) is 11.3. The molecule has 0 aliphatic heterocycles. The molecule has 0 spiro atoms. The van der Waals surface area contributed by atoms with E-state index in [2.05, 4.69) is 53.3 Å². The number of benzene rings is 1. The van der Waals surface area contributed by atoms with E-state index in [1.807, 2.05) is 11.3 Å². The molecule has 0 atom stereocenters. The van der Waals surface area contributed by atoms with Crippen LogP contribution in [0.4, 0.5) is 0 Å².